The molecule has 0 atom stereocenters. The summed E-state index contributed by atoms with van der Waals surface area (Å²) in [4.78, 5) is 15.4. The normalized spacial score (nSPS) is 10.6. The van der Waals surface area contributed by atoms with E-state index in [9.17, 15) is 4.79 Å². The Morgan fingerprint density at radius 1 is 1.00 bits per heavy atom. The van der Waals surface area contributed by atoms with Crippen LogP contribution in [0.2, 0.25) is 0 Å². The fourth-order valence-electron chi connectivity index (χ4n) is 2.26. The molecule has 0 heterocycles. The zero-order chi connectivity index (χ0) is 17.4. The van der Waals surface area contributed by atoms with Gasteiger partial charge in [-0.15, -0.1) is 24.0 Å². The fourth-order valence-corrected chi connectivity index (χ4v) is 2.26. The standard InChI is InChI=1S/C19H24N4O.HI/c1-14-7-9-16(10-8-14)12-21-19(20-3)22-13-17-5-4-6-18(11-17)23-15(2)24;/h4-11H,12-13H2,1-3H3,(H,23,24)(H2,20,21,22);1H. The minimum Gasteiger partial charge on any atom is -0.352 e. The minimum absolute atomic E-state index is 0. The number of rotatable bonds is 5. The molecule has 2 aromatic carbocycles. The molecular formula is C19H25IN4O. The Morgan fingerprint density at radius 3 is 2.24 bits per heavy atom. The van der Waals surface area contributed by atoms with Crippen LogP contribution in [0.15, 0.2) is 53.5 Å². The molecule has 0 unspecified atom stereocenters. The third-order valence-electron chi connectivity index (χ3n) is 3.51. The SMILES string of the molecule is CN=C(NCc1ccc(C)cc1)NCc1cccc(NC(C)=O)c1.I. The zero-order valence-electron chi connectivity index (χ0n) is 14.8. The highest BCUT2D eigenvalue weighted by atomic mass is 127. The molecule has 2 aromatic rings. The van der Waals surface area contributed by atoms with Crippen molar-refractivity contribution in [2.24, 2.45) is 4.99 Å². The number of benzene rings is 2. The number of carbonyl (C=O) groups is 1. The number of aliphatic imine (C=N–C) groups is 1. The number of nitrogens with zero attached hydrogens (tertiary/aromatic N) is 1. The summed E-state index contributed by atoms with van der Waals surface area (Å²) in [5, 5.41) is 9.35. The molecule has 2 rings (SSSR count). The minimum atomic E-state index is -0.0734. The molecule has 0 bridgehead atoms. The molecule has 0 spiro atoms. The van der Waals surface area contributed by atoms with Crippen LogP contribution in [-0.4, -0.2) is 18.9 Å². The topological polar surface area (TPSA) is 65.5 Å². The number of amides is 1. The van der Waals surface area contributed by atoms with Crippen molar-refractivity contribution in [1.29, 1.82) is 0 Å². The van der Waals surface area contributed by atoms with Gasteiger partial charge in [-0.25, -0.2) is 0 Å². The van der Waals surface area contributed by atoms with Gasteiger partial charge in [0.05, 0.1) is 0 Å². The zero-order valence-corrected chi connectivity index (χ0v) is 17.1. The van der Waals surface area contributed by atoms with Crippen LogP contribution in [0.3, 0.4) is 0 Å². The Hall–Kier alpha value is -2.09. The lowest BCUT2D eigenvalue weighted by Gasteiger charge is -2.13. The Bertz CT molecular complexity index is 714. The van der Waals surface area contributed by atoms with Crippen molar-refractivity contribution in [3.8, 4) is 0 Å². The van der Waals surface area contributed by atoms with E-state index < -0.39 is 0 Å². The molecule has 0 saturated heterocycles. The Balaban J connectivity index is 0.00000312. The molecule has 6 heteroatoms. The summed E-state index contributed by atoms with van der Waals surface area (Å²) in [5.74, 6) is 0.663. The van der Waals surface area contributed by atoms with Gasteiger partial charge in [-0.05, 0) is 30.2 Å². The van der Waals surface area contributed by atoms with Gasteiger partial charge in [0.25, 0.3) is 0 Å². The predicted octanol–water partition coefficient (Wildman–Crippen LogP) is 3.44. The molecule has 5 nitrogen and oxygen atoms in total. The number of hydrogen-bond donors (Lipinski definition) is 3. The second-order valence-corrected chi connectivity index (χ2v) is 5.65. The van der Waals surface area contributed by atoms with E-state index in [1.807, 2.05) is 24.3 Å². The van der Waals surface area contributed by atoms with Crippen molar-refractivity contribution in [1.82, 2.24) is 10.6 Å². The van der Waals surface area contributed by atoms with E-state index in [0.717, 1.165) is 17.2 Å². The van der Waals surface area contributed by atoms with E-state index in [1.54, 1.807) is 7.05 Å². The van der Waals surface area contributed by atoms with Gasteiger partial charge >= 0.3 is 0 Å². The van der Waals surface area contributed by atoms with Gasteiger partial charge in [-0.2, -0.15) is 0 Å². The van der Waals surface area contributed by atoms with Crippen molar-refractivity contribution < 1.29 is 4.79 Å². The number of halogens is 1. The molecular weight excluding hydrogens is 427 g/mol. The third kappa shape index (κ3) is 7.55. The molecule has 0 aliphatic heterocycles. The van der Waals surface area contributed by atoms with Gasteiger partial charge in [0.15, 0.2) is 5.96 Å². The van der Waals surface area contributed by atoms with Crippen LogP contribution >= 0.6 is 24.0 Å². The van der Waals surface area contributed by atoms with Gasteiger partial charge in [-0.1, -0.05) is 42.0 Å². The Labute approximate surface area is 166 Å². The smallest absolute Gasteiger partial charge is 0.221 e. The second kappa shape index (κ2) is 10.7. The van der Waals surface area contributed by atoms with E-state index in [2.05, 4.69) is 52.1 Å². The number of nitrogens with one attached hydrogen (secondary N) is 3. The van der Waals surface area contributed by atoms with E-state index in [4.69, 9.17) is 0 Å². The van der Waals surface area contributed by atoms with E-state index in [-0.39, 0.29) is 29.9 Å². The molecule has 1 amide bonds. The molecule has 25 heavy (non-hydrogen) atoms. The van der Waals surface area contributed by atoms with Crippen LogP contribution in [0.4, 0.5) is 5.69 Å². The largest absolute Gasteiger partial charge is 0.352 e. The first-order valence-electron chi connectivity index (χ1n) is 7.93. The van der Waals surface area contributed by atoms with Crippen molar-refractivity contribution in [2.45, 2.75) is 26.9 Å². The van der Waals surface area contributed by atoms with Crippen LogP contribution in [0.5, 0.6) is 0 Å². The quantitative estimate of drug-likeness (QED) is 0.370. The monoisotopic (exact) mass is 452 g/mol. The first-order valence-corrected chi connectivity index (χ1v) is 7.93. The average molecular weight is 452 g/mol. The Kier molecular flexibility index (Phi) is 8.98. The molecule has 0 aliphatic carbocycles. The third-order valence-corrected chi connectivity index (χ3v) is 3.51. The summed E-state index contributed by atoms with van der Waals surface area (Å²) in [5.41, 5.74) is 4.32. The highest BCUT2D eigenvalue weighted by Gasteiger charge is 2.01. The van der Waals surface area contributed by atoms with Gasteiger partial charge in [-0.3, -0.25) is 9.79 Å². The van der Waals surface area contributed by atoms with Crippen molar-refractivity contribution >= 4 is 41.5 Å². The number of carbonyl (C=O) groups excluding carboxylic acids is 1. The summed E-state index contributed by atoms with van der Waals surface area (Å²) in [6, 6.07) is 16.1. The van der Waals surface area contributed by atoms with Gasteiger partial charge < -0.3 is 16.0 Å². The van der Waals surface area contributed by atoms with Crippen molar-refractivity contribution in [3.05, 3.63) is 65.2 Å². The van der Waals surface area contributed by atoms with Gasteiger partial charge in [0, 0.05) is 32.7 Å². The summed E-state index contributed by atoms with van der Waals surface area (Å²) in [6.45, 7) is 4.92. The summed E-state index contributed by atoms with van der Waals surface area (Å²) >= 11 is 0. The lowest BCUT2D eigenvalue weighted by molar-refractivity contribution is -0.114. The maximum absolute atomic E-state index is 11.1. The highest BCUT2D eigenvalue weighted by molar-refractivity contribution is 14.0. The molecule has 0 radical (unpaired) electrons. The summed E-state index contributed by atoms with van der Waals surface area (Å²) in [7, 11) is 1.75. The molecule has 0 saturated carbocycles. The summed E-state index contributed by atoms with van der Waals surface area (Å²) in [6.07, 6.45) is 0. The van der Waals surface area contributed by atoms with Gasteiger partial charge in [0.2, 0.25) is 5.91 Å². The van der Waals surface area contributed by atoms with Crippen molar-refractivity contribution in [3.63, 3.8) is 0 Å². The average Bonchev–Trinajstić information content (AvgIpc) is 2.56. The number of aryl methyl sites for hydroxylation is 1. The van der Waals surface area contributed by atoms with E-state index in [1.165, 1.54) is 18.1 Å². The maximum Gasteiger partial charge on any atom is 0.221 e. The van der Waals surface area contributed by atoms with E-state index >= 15 is 0 Å². The second-order valence-electron chi connectivity index (χ2n) is 5.65. The first kappa shape index (κ1) is 21.0. The first-order chi connectivity index (χ1) is 11.6. The van der Waals surface area contributed by atoms with Crippen LogP contribution in [0.1, 0.15) is 23.6 Å². The lowest BCUT2D eigenvalue weighted by atomic mass is 10.1. The summed E-state index contributed by atoms with van der Waals surface area (Å²) < 4.78 is 0. The van der Waals surface area contributed by atoms with E-state index in [0.29, 0.717) is 13.1 Å². The molecule has 0 aliphatic rings. The van der Waals surface area contributed by atoms with Gasteiger partial charge in [0.1, 0.15) is 0 Å². The molecule has 3 N–H and O–H groups in total. The van der Waals surface area contributed by atoms with Crippen LogP contribution in [-0.2, 0) is 17.9 Å². The van der Waals surface area contributed by atoms with Crippen molar-refractivity contribution in [2.75, 3.05) is 12.4 Å². The number of hydrogen-bond acceptors (Lipinski definition) is 2. The predicted molar refractivity (Wildman–Crippen MR) is 114 cm³/mol. The lowest BCUT2D eigenvalue weighted by Crippen LogP contribution is -2.36. The maximum atomic E-state index is 11.1. The Morgan fingerprint density at radius 2 is 1.64 bits per heavy atom. The molecule has 0 fully saturated rings. The molecule has 0 aromatic heterocycles. The molecule has 134 valence electrons. The van der Waals surface area contributed by atoms with Crippen LogP contribution < -0.4 is 16.0 Å². The number of anilines is 1. The number of guanidine groups is 1. The van der Waals surface area contributed by atoms with Crippen LogP contribution in [0, 0.1) is 6.92 Å². The van der Waals surface area contributed by atoms with Crippen LogP contribution in [0.25, 0.3) is 0 Å². The highest BCUT2D eigenvalue weighted by Crippen LogP contribution is 2.10. The fraction of sp³-hybridized carbons (Fsp3) is 0.263.